The van der Waals surface area contributed by atoms with Gasteiger partial charge < -0.3 is 24.2 Å². The smallest absolute Gasteiger partial charge is 0.271 e. The van der Waals surface area contributed by atoms with E-state index in [2.05, 4.69) is 9.62 Å². The van der Waals surface area contributed by atoms with Crippen LogP contribution in [-0.4, -0.2) is 74.9 Å². The number of para-hydroxylation sites is 1. The third-order valence-corrected chi connectivity index (χ3v) is 9.84. The molecule has 3 heterocycles. The molecule has 0 fully saturated rings. The zero-order valence-corrected chi connectivity index (χ0v) is 24.2. The molecule has 0 saturated heterocycles. The fourth-order valence-corrected chi connectivity index (χ4v) is 6.93. The van der Waals surface area contributed by atoms with Crippen LogP contribution in [0.25, 0.3) is 0 Å². The van der Waals surface area contributed by atoms with Crippen LogP contribution in [0.1, 0.15) is 29.8 Å². The first-order chi connectivity index (χ1) is 19.2. The van der Waals surface area contributed by atoms with Gasteiger partial charge in [-0.3, -0.25) is 14.4 Å². The minimum atomic E-state index is -3.89. The van der Waals surface area contributed by atoms with E-state index in [1.807, 2.05) is 32.2 Å². The summed E-state index contributed by atoms with van der Waals surface area (Å²) in [6.45, 7) is 5.27. The largest absolute Gasteiger partial charge is 0.486 e. The van der Waals surface area contributed by atoms with Gasteiger partial charge in [0.05, 0.1) is 23.9 Å². The van der Waals surface area contributed by atoms with Crippen molar-refractivity contribution in [2.75, 3.05) is 38.3 Å². The molecule has 3 aromatic rings. The Bertz CT molecular complexity index is 1460. The monoisotopic (exact) mass is 587 g/mol. The summed E-state index contributed by atoms with van der Waals surface area (Å²) in [5, 5.41) is 11.6. The highest BCUT2D eigenvalue weighted by Gasteiger charge is 2.35. The summed E-state index contributed by atoms with van der Waals surface area (Å²) in [6.07, 6.45) is -0.397. The van der Waals surface area contributed by atoms with Crippen molar-refractivity contribution >= 4 is 33.0 Å². The van der Waals surface area contributed by atoms with E-state index < -0.39 is 22.2 Å². The highest BCUT2D eigenvalue weighted by atomic mass is 32.2. The van der Waals surface area contributed by atoms with E-state index in [9.17, 15) is 18.3 Å². The van der Waals surface area contributed by atoms with Crippen LogP contribution in [0.2, 0.25) is 0 Å². The number of hydrogen-bond donors (Lipinski definition) is 2. The number of thiophene rings is 1. The second kappa shape index (κ2) is 11.7. The predicted octanol–water partition coefficient (Wildman–Crippen LogP) is 3.63. The van der Waals surface area contributed by atoms with Gasteiger partial charge >= 0.3 is 0 Å². The summed E-state index contributed by atoms with van der Waals surface area (Å²) >= 11 is 1.10. The van der Waals surface area contributed by atoms with Gasteiger partial charge in [-0.1, -0.05) is 25.1 Å². The molecule has 214 valence electrons. The van der Waals surface area contributed by atoms with Crippen LogP contribution >= 0.6 is 11.3 Å². The molecule has 3 atom stereocenters. The molecule has 2 aliphatic rings. The number of amides is 1. The Morgan fingerprint density at radius 1 is 1.18 bits per heavy atom. The van der Waals surface area contributed by atoms with Gasteiger partial charge in [0.25, 0.3) is 15.9 Å². The number of carbonyl (C=O) groups is 1. The topological polar surface area (TPSA) is 118 Å². The number of aliphatic hydroxyl groups excluding tert-OH is 1. The van der Waals surface area contributed by atoms with Crippen molar-refractivity contribution in [3.05, 3.63) is 65.0 Å². The minimum Gasteiger partial charge on any atom is -0.486 e. The SMILES string of the molecule is C[C@H](CO)N1C[C@H](C)[C@H](CN(C)Cc2ccc3c(c2)OCO3)Oc2c(NS(=O)(=O)c3cccs3)cccc2C1=O. The second-order valence-electron chi connectivity index (χ2n) is 10.2. The Hall–Kier alpha value is -3.32. The van der Waals surface area contributed by atoms with Gasteiger partial charge in [0.1, 0.15) is 10.3 Å². The molecule has 0 aliphatic carbocycles. The Kier molecular flexibility index (Phi) is 8.22. The lowest BCUT2D eigenvalue weighted by Gasteiger charge is -2.38. The van der Waals surface area contributed by atoms with Crippen LogP contribution in [0.5, 0.6) is 17.2 Å². The van der Waals surface area contributed by atoms with E-state index in [4.69, 9.17) is 14.2 Å². The number of aliphatic hydroxyl groups is 1. The third-order valence-electron chi connectivity index (χ3n) is 7.08. The van der Waals surface area contributed by atoms with Crippen LogP contribution < -0.4 is 18.9 Å². The number of ether oxygens (including phenoxy) is 3. The highest BCUT2D eigenvalue weighted by Crippen LogP contribution is 2.37. The molecule has 0 bridgehead atoms. The molecule has 0 spiro atoms. The van der Waals surface area contributed by atoms with Crippen molar-refractivity contribution in [3.8, 4) is 17.2 Å². The minimum absolute atomic E-state index is 0.132. The van der Waals surface area contributed by atoms with E-state index in [0.29, 0.717) is 25.4 Å². The Morgan fingerprint density at radius 3 is 2.73 bits per heavy atom. The maximum atomic E-state index is 13.7. The fraction of sp³-hybridized carbons (Fsp3) is 0.393. The van der Waals surface area contributed by atoms with Gasteiger partial charge in [-0.2, -0.15) is 0 Å². The Balaban J connectivity index is 1.46. The average molecular weight is 588 g/mol. The number of benzene rings is 2. The van der Waals surface area contributed by atoms with Crippen molar-refractivity contribution in [1.82, 2.24) is 9.80 Å². The van der Waals surface area contributed by atoms with Crippen molar-refractivity contribution in [2.24, 2.45) is 5.92 Å². The first-order valence-electron chi connectivity index (χ1n) is 13.0. The van der Waals surface area contributed by atoms with Crippen molar-refractivity contribution in [2.45, 2.75) is 36.7 Å². The molecule has 2 aliphatic heterocycles. The van der Waals surface area contributed by atoms with Gasteiger partial charge in [0.15, 0.2) is 17.2 Å². The highest BCUT2D eigenvalue weighted by molar-refractivity contribution is 7.94. The molecule has 1 aromatic heterocycles. The van der Waals surface area contributed by atoms with Crippen molar-refractivity contribution in [3.63, 3.8) is 0 Å². The maximum Gasteiger partial charge on any atom is 0.271 e. The fourth-order valence-electron chi connectivity index (χ4n) is 4.88. The first-order valence-corrected chi connectivity index (χ1v) is 15.4. The lowest BCUT2D eigenvalue weighted by Crippen LogP contribution is -2.49. The standard InChI is InChI=1S/C28H33N3O7S2/c1-18-13-31(19(2)16-32)28(33)21-6-4-7-22(29-40(34,35)26-8-5-11-39-26)27(21)38-25(18)15-30(3)14-20-9-10-23-24(12-20)37-17-36-23/h4-12,18-19,25,29,32H,13-17H2,1-3H3/t18-,19+,25-/m0/s1. The van der Waals surface area contributed by atoms with Gasteiger partial charge in [0, 0.05) is 25.6 Å². The number of carbonyl (C=O) groups excluding carboxylic acids is 1. The van der Waals surface area contributed by atoms with E-state index in [0.717, 1.165) is 22.6 Å². The predicted molar refractivity (Wildman–Crippen MR) is 152 cm³/mol. The molecule has 0 unspecified atom stereocenters. The second-order valence-corrected chi connectivity index (χ2v) is 13.1. The summed E-state index contributed by atoms with van der Waals surface area (Å²) in [7, 11) is -1.91. The molecule has 1 amide bonds. The Labute approximate surface area is 238 Å². The van der Waals surface area contributed by atoms with Gasteiger partial charge in [-0.15, -0.1) is 11.3 Å². The zero-order valence-electron chi connectivity index (χ0n) is 22.6. The van der Waals surface area contributed by atoms with E-state index in [1.54, 1.807) is 41.5 Å². The number of hydrogen-bond acceptors (Lipinski definition) is 9. The van der Waals surface area contributed by atoms with Crippen LogP contribution in [0, 0.1) is 5.92 Å². The molecule has 0 saturated carbocycles. The molecular formula is C28H33N3O7S2. The lowest BCUT2D eigenvalue weighted by atomic mass is 9.99. The maximum absolute atomic E-state index is 13.7. The zero-order chi connectivity index (χ0) is 28.4. The number of sulfonamides is 1. The summed E-state index contributed by atoms with van der Waals surface area (Å²) in [5.74, 6) is 1.15. The number of likely N-dealkylation sites (N-methyl/N-ethyl adjacent to an activating group) is 1. The molecule has 10 nitrogen and oxygen atoms in total. The number of fused-ring (bicyclic) bond motifs is 2. The molecular weight excluding hydrogens is 554 g/mol. The summed E-state index contributed by atoms with van der Waals surface area (Å²) in [4.78, 5) is 17.4. The Morgan fingerprint density at radius 2 is 1.98 bits per heavy atom. The quantitative estimate of drug-likeness (QED) is 0.390. The van der Waals surface area contributed by atoms with E-state index in [-0.39, 0.29) is 46.4 Å². The molecule has 2 N–H and O–H groups in total. The first kappa shape index (κ1) is 28.2. The van der Waals surface area contributed by atoms with Gasteiger partial charge in [-0.05, 0) is 55.2 Å². The number of anilines is 1. The number of nitrogens with one attached hydrogen (secondary N) is 1. The van der Waals surface area contributed by atoms with E-state index in [1.165, 1.54) is 6.07 Å². The van der Waals surface area contributed by atoms with Crippen LogP contribution in [0.15, 0.2) is 58.1 Å². The summed E-state index contributed by atoms with van der Waals surface area (Å²) in [6, 6.07) is 13.4. The number of nitrogens with zero attached hydrogens (tertiary/aromatic N) is 2. The molecule has 40 heavy (non-hydrogen) atoms. The van der Waals surface area contributed by atoms with Crippen LogP contribution in [0.4, 0.5) is 5.69 Å². The van der Waals surface area contributed by atoms with Gasteiger partial charge in [0.2, 0.25) is 6.79 Å². The normalized spacial score (nSPS) is 19.5. The van der Waals surface area contributed by atoms with E-state index >= 15 is 0 Å². The van der Waals surface area contributed by atoms with Gasteiger partial charge in [-0.25, -0.2) is 8.42 Å². The lowest BCUT2D eigenvalue weighted by molar-refractivity contribution is 0.0344. The van der Waals surface area contributed by atoms with Crippen molar-refractivity contribution < 1.29 is 32.5 Å². The molecule has 5 rings (SSSR count). The average Bonchev–Trinajstić information content (AvgIpc) is 3.63. The molecule has 0 radical (unpaired) electrons. The summed E-state index contributed by atoms with van der Waals surface area (Å²) in [5.41, 5.74) is 1.47. The molecule has 12 heteroatoms. The summed E-state index contributed by atoms with van der Waals surface area (Å²) < 4.78 is 46.4. The van der Waals surface area contributed by atoms with Crippen LogP contribution in [0.3, 0.4) is 0 Å². The van der Waals surface area contributed by atoms with Crippen molar-refractivity contribution in [1.29, 1.82) is 0 Å². The third kappa shape index (κ3) is 5.90. The number of rotatable bonds is 9. The molecule has 2 aromatic carbocycles. The van der Waals surface area contributed by atoms with Crippen LogP contribution in [-0.2, 0) is 16.6 Å².